The first-order chi connectivity index (χ1) is 13.8. The molecule has 0 spiro atoms. The number of nitrogens with zero attached hydrogens (tertiary/aromatic N) is 2. The molecule has 0 aliphatic carbocycles. The van der Waals surface area contributed by atoms with E-state index in [-0.39, 0.29) is 17.4 Å². The summed E-state index contributed by atoms with van der Waals surface area (Å²) < 4.78 is 7.80. The van der Waals surface area contributed by atoms with Crippen molar-refractivity contribution in [1.29, 1.82) is 0 Å². The number of carbonyl (C=O) groups excluding carboxylic acids is 1. The van der Waals surface area contributed by atoms with Gasteiger partial charge in [-0.2, -0.15) is 0 Å². The summed E-state index contributed by atoms with van der Waals surface area (Å²) >= 11 is 3.48. The zero-order valence-electron chi connectivity index (χ0n) is 18.6. The highest BCUT2D eigenvalue weighted by Gasteiger charge is 2.35. The van der Waals surface area contributed by atoms with E-state index >= 15 is 0 Å². The second-order valence-electron chi connectivity index (χ2n) is 10.0. The third kappa shape index (κ3) is 4.51. The second kappa shape index (κ2) is 7.91. The van der Waals surface area contributed by atoms with Gasteiger partial charge in [0.2, 0.25) is 0 Å². The Balaban J connectivity index is 2.01. The summed E-state index contributed by atoms with van der Waals surface area (Å²) in [6.07, 6.45) is 0.295. The molecule has 1 aromatic heterocycles. The number of likely N-dealkylation sites (tertiary alicyclic amines) is 1. The number of amides is 1. The van der Waals surface area contributed by atoms with Crippen molar-refractivity contribution >= 4 is 39.0 Å². The van der Waals surface area contributed by atoms with Gasteiger partial charge in [0.1, 0.15) is 5.60 Å². The third-order valence-electron chi connectivity index (χ3n) is 5.43. The highest BCUT2D eigenvalue weighted by Crippen LogP contribution is 2.43. The van der Waals surface area contributed by atoms with Crippen LogP contribution in [0.1, 0.15) is 71.6 Å². The molecule has 164 valence electrons. The van der Waals surface area contributed by atoms with Gasteiger partial charge in [-0.05, 0) is 57.2 Å². The van der Waals surface area contributed by atoms with Gasteiger partial charge in [-0.25, -0.2) is 14.2 Å². The van der Waals surface area contributed by atoms with Gasteiger partial charge in [-0.1, -0.05) is 42.8 Å². The molecule has 1 saturated heterocycles. The van der Waals surface area contributed by atoms with Crippen molar-refractivity contribution < 1.29 is 19.4 Å². The van der Waals surface area contributed by atoms with E-state index < -0.39 is 11.7 Å². The maximum Gasteiger partial charge on any atom is 0.416 e. The number of ether oxygens (including phenoxy) is 1. The molecule has 1 fully saturated rings. The van der Waals surface area contributed by atoms with Crippen LogP contribution in [0.15, 0.2) is 22.7 Å². The average Bonchev–Trinajstić information content (AvgIpc) is 2.95. The maximum absolute atomic E-state index is 12.4. The minimum Gasteiger partial charge on any atom is -0.464 e. The second-order valence-corrected chi connectivity index (χ2v) is 10.9. The Labute approximate surface area is 186 Å². The largest absolute Gasteiger partial charge is 0.464 e. The molecule has 1 N–H and O–H groups in total. The first-order valence-electron chi connectivity index (χ1n) is 10.3. The summed E-state index contributed by atoms with van der Waals surface area (Å²) in [6, 6.07) is 5.84. The van der Waals surface area contributed by atoms with Gasteiger partial charge in [0, 0.05) is 34.1 Å². The molecule has 3 rings (SSSR count). The molecule has 1 aliphatic heterocycles. The number of fused-ring (bicyclic) bond motifs is 1. The van der Waals surface area contributed by atoms with E-state index in [0.717, 1.165) is 34.0 Å². The lowest BCUT2D eigenvalue weighted by Crippen LogP contribution is -2.41. The van der Waals surface area contributed by atoms with E-state index in [1.807, 2.05) is 39.0 Å². The van der Waals surface area contributed by atoms with E-state index in [4.69, 9.17) is 4.74 Å². The van der Waals surface area contributed by atoms with Gasteiger partial charge < -0.3 is 14.7 Å². The minimum absolute atomic E-state index is 0.183. The first kappa shape index (κ1) is 22.7. The van der Waals surface area contributed by atoms with Crippen LogP contribution in [0.3, 0.4) is 0 Å². The Morgan fingerprint density at radius 1 is 1.10 bits per heavy atom. The molecule has 1 aromatic carbocycles. The van der Waals surface area contributed by atoms with Gasteiger partial charge in [0.15, 0.2) is 0 Å². The number of halogens is 1. The van der Waals surface area contributed by atoms with E-state index in [9.17, 15) is 14.7 Å². The van der Waals surface area contributed by atoms with Crippen LogP contribution >= 0.6 is 15.9 Å². The molecular weight excluding hydrogens is 448 g/mol. The molecule has 2 heterocycles. The van der Waals surface area contributed by atoms with Crippen LogP contribution in [-0.2, 0) is 10.2 Å². The van der Waals surface area contributed by atoms with Crippen molar-refractivity contribution in [2.24, 2.45) is 0 Å². The first-order valence-corrected chi connectivity index (χ1v) is 11.1. The fraction of sp³-hybridized carbons (Fsp3) is 0.565. The van der Waals surface area contributed by atoms with Gasteiger partial charge >= 0.3 is 12.2 Å². The Hall–Kier alpha value is -2.02. The SMILES string of the molecule is CC(C)(C)OC(=O)N1CCC(c2c(C(C)(C)C)n(C(=O)O)c3cc(Br)ccc23)CC1. The summed E-state index contributed by atoms with van der Waals surface area (Å²) in [7, 11) is 0. The Bertz CT molecular complexity index is 974. The maximum atomic E-state index is 12.4. The number of piperidine rings is 1. The van der Waals surface area contributed by atoms with E-state index in [2.05, 4.69) is 36.7 Å². The van der Waals surface area contributed by atoms with Crippen LogP contribution in [0.2, 0.25) is 0 Å². The number of aromatic nitrogens is 1. The molecule has 30 heavy (non-hydrogen) atoms. The van der Waals surface area contributed by atoms with Crippen LogP contribution in [0.5, 0.6) is 0 Å². The predicted molar refractivity (Wildman–Crippen MR) is 122 cm³/mol. The van der Waals surface area contributed by atoms with Crippen LogP contribution in [0.4, 0.5) is 9.59 Å². The van der Waals surface area contributed by atoms with E-state index in [1.165, 1.54) is 4.57 Å². The lowest BCUT2D eigenvalue weighted by atomic mass is 9.80. The number of hydrogen-bond donors (Lipinski definition) is 1. The molecule has 7 heteroatoms. The van der Waals surface area contributed by atoms with Crippen LogP contribution in [0.25, 0.3) is 10.9 Å². The molecule has 0 bridgehead atoms. The number of carboxylic acid groups (broad SMARTS) is 1. The van der Waals surface area contributed by atoms with Crippen molar-refractivity contribution in [3.05, 3.63) is 33.9 Å². The fourth-order valence-electron chi connectivity index (χ4n) is 4.31. The third-order valence-corrected chi connectivity index (χ3v) is 5.92. The predicted octanol–water partition coefficient (Wildman–Crippen LogP) is 6.34. The zero-order chi connectivity index (χ0) is 22.4. The Kier molecular flexibility index (Phi) is 5.98. The molecule has 0 atom stereocenters. The number of carbonyl (C=O) groups is 2. The Morgan fingerprint density at radius 3 is 2.20 bits per heavy atom. The molecule has 0 unspecified atom stereocenters. The van der Waals surface area contributed by atoms with Crippen molar-refractivity contribution in [2.75, 3.05) is 13.1 Å². The topological polar surface area (TPSA) is 71.8 Å². The summed E-state index contributed by atoms with van der Waals surface area (Å²) in [5, 5.41) is 11.0. The fourth-order valence-corrected chi connectivity index (χ4v) is 4.66. The highest BCUT2D eigenvalue weighted by molar-refractivity contribution is 9.10. The smallest absolute Gasteiger partial charge is 0.416 e. The summed E-state index contributed by atoms with van der Waals surface area (Å²) in [4.78, 5) is 26.4. The molecule has 1 aliphatic rings. The number of rotatable bonds is 1. The number of hydrogen-bond acceptors (Lipinski definition) is 3. The Morgan fingerprint density at radius 2 is 1.70 bits per heavy atom. The summed E-state index contributed by atoms with van der Waals surface area (Å²) in [5.74, 6) is 0.183. The normalized spacial score (nSPS) is 16.2. The highest BCUT2D eigenvalue weighted by atomic mass is 79.9. The molecule has 1 amide bonds. The number of benzene rings is 1. The van der Waals surface area contributed by atoms with Crippen LogP contribution in [-0.4, -0.2) is 45.5 Å². The standard InChI is InChI=1S/C23H31BrN2O4/c1-22(2,3)19-18(16-8-7-15(24)13-17(16)26(19)20(27)28)14-9-11-25(12-10-14)21(29)30-23(4,5)6/h7-8,13-14H,9-12H2,1-6H3,(H,27,28). The average molecular weight is 479 g/mol. The minimum atomic E-state index is -0.972. The van der Waals surface area contributed by atoms with Crippen LogP contribution < -0.4 is 0 Å². The molecule has 6 nitrogen and oxygen atoms in total. The molecular formula is C23H31BrN2O4. The monoisotopic (exact) mass is 478 g/mol. The van der Waals surface area contributed by atoms with Crippen molar-refractivity contribution in [3.63, 3.8) is 0 Å². The van der Waals surface area contributed by atoms with Crippen molar-refractivity contribution in [2.45, 2.75) is 71.3 Å². The zero-order valence-corrected chi connectivity index (χ0v) is 20.2. The lowest BCUT2D eigenvalue weighted by molar-refractivity contribution is 0.0205. The van der Waals surface area contributed by atoms with E-state index in [1.54, 1.807) is 4.90 Å². The van der Waals surface area contributed by atoms with Crippen molar-refractivity contribution in [1.82, 2.24) is 9.47 Å². The lowest BCUT2D eigenvalue weighted by Gasteiger charge is -2.35. The quantitative estimate of drug-likeness (QED) is 0.518. The van der Waals surface area contributed by atoms with Gasteiger partial charge in [0.25, 0.3) is 0 Å². The van der Waals surface area contributed by atoms with E-state index in [0.29, 0.717) is 18.6 Å². The van der Waals surface area contributed by atoms with Crippen LogP contribution in [0, 0.1) is 0 Å². The van der Waals surface area contributed by atoms with Gasteiger partial charge in [-0.15, -0.1) is 0 Å². The summed E-state index contributed by atoms with van der Waals surface area (Å²) in [6.45, 7) is 12.9. The van der Waals surface area contributed by atoms with Gasteiger partial charge in [0.05, 0.1) is 5.52 Å². The molecule has 0 radical (unpaired) electrons. The molecule has 2 aromatic rings. The van der Waals surface area contributed by atoms with Gasteiger partial charge in [-0.3, -0.25) is 0 Å². The van der Waals surface area contributed by atoms with Crippen molar-refractivity contribution in [3.8, 4) is 0 Å². The summed E-state index contributed by atoms with van der Waals surface area (Å²) in [5.41, 5.74) is 1.76. The molecule has 0 saturated carbocycles.